The molecule has 0 bridgehead atoms. The Kier molecular flexibility index (Phi) is 3.21. The molecule has 2 N–H and O–H groups in total. The molecule has 86 valence electrons. The van der Waals surface area contributed by atoms with Gasteiger partial charge in [0.1, 0.15) is 6.04 Å². The predicted molar refractivity (Wildman–Crippen MR) is 58.7 cm³/mol. The molecule has 2 rings (SSSR count). The first-order chi connectivity index (χ1) is 7.68. The third-order valence-electron chi connectivity index (χ3n) is 2.44. The Bertz CT molecular complexity index is 384. The number of carboxylic acids is 1. The molecular formula is C9H11ClN4O2. The number of aliphatic carboxylic acids is 1. The van der Waals surface area contributed by atoms with Gasteiger partial charge in [-0.2, -0.15) is 0 Å². The fourth-order valence-electron chi connectivity index (χ4n) is 1.66. The Hall–Kier alpha value is -1.40. The maximum Gasteiger partial charge on any atom is 0.327 e. The summed E-state index contributed by atoms with van der Waals surface area (Å²) in [5.41, 5.74) is 0. The van der Waals surface area contributed by atoms with Gasteiger partial charge in [-0.15, -0.1) is 10.2 Å². The molecule has 1 aromatic heterocycles. The lowest BCUT2D eigenvalue weighted by atomic mass is 10.2. The third kappa shape index (κ3) is 2.23. The van der Waals surface area contributed by atoms with E-state index in [4.69, 9.17) is 16.7 Å². The van der Waals surface area contributed by atoms with Crippen LogP contribution in [0.25, 0.3) is 0 Å². The molecule has 2 heterocycles. The SMILES string of the molecule is O=C(O)C1CNCCN1c1ccc(Cl)nn1. The Labute approximate surface area is 97.2 Å². The van der Waals surface area contributed by atoms with Crippen LogP contribution < -0.4 is 10.2 Å². The Morgan fingerprint density at radius 1 is 1.56 bits per heavy atom. The summed E-state index contributed by atoms with van der Waals surface area (Å²) >= 11 is 5.63. The Morgan fingerprint density at radius 2 is 2.38 bits per heavy atom. The number of rotatable bonds is 2. The van der Waals surface area contributed by atoms with E-state index in [-0.39, 0.29) is 0 Å². The van der Waals surface area contributed by atoms with Crippen molar-refractivity contribution < 1.29 is 9.90 Å². The van der Waals surface area contributed by atoms with Crippen molar-refractivity contribution in [2.45, 2.75) is 6.04 Å². The number of hydrogen-bond donors (Lipinski definition) is 2. The van der Waals surface area contributed by atoms with E-state index in [9.17, 15) is 4.79 Å². The summed E-state index contributed by atoms with van der Waals surface area (Å²) < 4.78 is 0. The first-order valence-corrected chi connectivity index (χ1v) is 5.25. The van der Waals surface area contributed by atoms with E-state index in [1.165, 1.54) is 0 Å². The summed E-state index contributed by atoms with van der Waals surface area (Å²) in [6, 6.07) is 2.67. The summed E-state index contributed by atoms with van der Waals surface area (Å²) in [6.45, 7) is 1.72. The summed E-state index contributed by atoms with van der Waals surface area (Å²) in [4.78, 5) is 12.8. The fraction of sp³-hybridized carbons (Fsp3) is 0.444. The molecule has 16 heavy (non-hydrogen) atoms. The molecule has 1 unspecified atom stereocenters. The highest BCUT2D eigenvalue weighted by molar-refractivity contribution is 6.29. The van der Waals surface area contributed by atoms with Crippen molar-refractivity contribution in [3.8, 4) is 0 Å². The molecule has 7 heteroatoms. The van der Waals surface area contributed by atoms with Crippen molar-refractivity contribution in [1.29, 1.82) is 0 Å². The number of nitrogens with zero attached hydrogens (tertiary/aromatic N) is 3. The molecule has 0 aromatic carbocycles. The molecule has 1 atom stereocenters. The molecule has 0 spiro atoms. The molecule has 0 radical (unpaired) electrons. The van der Waals surface area contributed by atoms with Crippen LogP contribution in [0.1, 0.15) is 0 Å². The molecule has 1 aliphatic heterocycles. The van der Waals surface area contributed by atoms with Crippen LogP contribution in [-0.4, -0.2) is 46.9 Å². The smallest absolute Gasteiger partial charge is 0.327 e. The maximum atomic E-state index is 11.0. The van der Waals surface area contributed by atoms with Crippen LogP contribution in [-0.2, 0) is 4.79 Å². The number of halogens is 1. The predicted octanol–water partition coefficient (Wildman–Crippen LogP) is -0.00720. The number of aromatic nitrogens is 2. The molecule has 0 saturated carbocycles. The first-order valence-electron chi connectivity index (χ1n) is 4.88. The highest BCUT2D eigenvalue weighted by Crippen LogP contribution is 2.16. The van der Waals surface area contributed by atoms with Crippen molar-refractivity contribution in [3.05, 3.63) is 17.3 Å². The van der Waals surface area contributed by atoms with Gasteiger partial charge in [0.25, 0.3) is 0 Å². The quantitative estimate of drug-likeness (QED) is 0.760. The largest absolute Gasteiger partial charge is 0.480 e. The summed E-state index contributed by atoms with van der Waals surface area (Å²) in [5, 5.41) is 20.0. The van der Waals surface area contributed by atoms with Gasteiger partial charge in [0.15, 0.2) is 11.0 Å². The van der Waals surface area contributed by atoms with Crippen LogP contribution in [0, 0.1) is 0 Å². The number of hydrogen-bond acceptors (Lipinski definition) is 5. The monoisotopic (exact) mass is 242 g/mol. The second-order valence-corrected chi connectivity index (χ2v) is 3.85. The lowest BCUT2D eigenvalue weighted by molar-refractivity contribution is -0.138. The van der Waals surface area contributed by atoms with Crippen LogP contribution in [0.15, 0.2) is 12.1 Å². The van der Waals surface area contributed by atoms with Crippen molar-refractivity contribution >= 4 is 23.4 Å². The highest BCUT2D eigenvalue weighted by atomic mass is 35.5. The zero-order chi connectivity index (χ0) is 11.5. The molecule has 0 aliphatic carbocycles. The van der Waals surface area contributed by atoms with E-state index in [0.29, 0.717) is 24.1 Å². The van der Waals surface area contributed by atoms with Crippen LogP contribution in [0.5, 0.6) is 0 Å². The molecule has 1 fully saturated rings. The van der Waals surface area contributed by atoms with Crippen LogP contribution in [0.3, 0.4) is 0 Å². The van der Waals surface area contributed by atoms with Crippen LogP contribution in [0.2, 0.25) is 5.15 Å². The summed E-state index contributed by atoms with van der Waals surface area (Å²) in [5.74, 6) is -0.331. The summed E-state index contributed by atoms with van der Waals surface area (Å²) in [6.07, 6.45) is 0. The fourth-order valence-corrected chi connectivity index (χ4v) is 1.76. The van der Waals surface area contributed by atoms with Crippen LogP contribution in [0.4, 0.5) is 5.82 Å². The second-order valence-electron chi connectivity index (χ2n) is 3.47. The van der Waals surface area contributed by atoms with Gasteiger partial charge in [-0.3, -0.25) is 0 Å². The highest BCUT2D eigenvalue weighted by Gasteiger charge is 2.29. The van der Waals surface area contributed by atoms with Gasteiger partial charge in [0, 0.05) is 19.6 Å². The minimum atomic E-state index is -0.871. The zero-order valence-corrected chi connectivity index (χ0v) is 9.18. The number of carboxylic acid groups (broad SMARTS) is 1. The molecule has 1 aromatic rings. The average molecular weight is 243 g/mol. The van der Waals surface area contributed by atoms with Gasteiger partial charge >= 0.3 is 5.97 Å². The molecule has 1 aliphatic rings. The van der Waals surface area contributed by atoms with Crippen molar-refractivity contribution in [2.24, 2.45) is 0 Å². The maximum absolute atomic E-state index is 11.0. The van der Waals surface area contributed by atoms with Crippen molar-refractivity contribution in [2.75, 3.05) is 24.5 Å². The van der Waals surface area contributed by atoms with Gasteiger partial charge in [-0.05, 0) is 12.1 Å². The van der Waals surface area contributed by atoms with Gasteiger partial charge < -0.3 is 15.3 Å². The minimum Gasteiger partial charge on any atom is -0.480 e. The molecule has 0 amide bonds. The van der Waals surface area contributed by atoms with Crippen molar-refractivity contribution in [3.63, 3.8) is 0 Å². The number of nitrogens with one attached hydrogen (secondary N) is 1. The third-order valence-corrected chi connectivity index (χ3v) is 2.64. The van der Waals surface area contributed by atoms with E-state index in [2.05, 4.69) is 15.5 Å². The lowest BCUT2D eigenvalue weighted by Gasteiger charge is -2.33. The Balaban J connectivity index is 2.23. The van der Waals surface area contributed by atoms with Crippen LogP contribution >= 0.6 is 11.6 Å². The van der Waals surface area contributed by atoms with Gasteiger partial charge in [0.05, 0.1) is 0 Å². The molecular weight excluding hydrogens is 232 g/mol. The lowest BCUT2D eigenvalue weighted by Crippen LogP contribution is -2.55. The van der Waals surface area contributed by atoms with E-state index in [0.717, 1.165) is 6.54 Å². The topological polar surface area (TPSA) is 78.4 Å². The molecule has 6 nitrogen and oxygen atoms in total. The van der Waals surface area contributed by atoms with E-state index in [1.807, 2.05) is 0 Å². The molecule has 1 saturated heterocycles. The van der Waals surface area contributed by atoms with E-state index < -0.39 is 12.0 Å². The number of piperazine rings is 1. The zero-order valence-electron chi connectivity index (χ0n) is 8.43. The van der Waals surface area contributed by atoms with Crippen molar-refractivity contribution in [1.82, 2.24) is 15.5 Å². The standard InChI is InChI=1S/C9H11ClN4O2/c10-7-1-2-8(13-12-7)14-4-3-11-5-6(14)9(15)16/h1-2,6,11H,3-5H2,(H,15,16). The number of anilines is 1. The average Bonchev–Trinajstić information content (AvgIpc) is 2.30. The minimum absolute atomic E-state index is 0.297. The summed E-state index contributed by atoms with van der Waals surface area (Å²) in [7, 11) is 0. The van der Waals surface area contributed by atoms with Gasteiger partial charge in [-0.25, -0.2) is 4.79 Å². The van der Waals surface area contributed by atoms with Gasteiger partial charge in [-0.1, -0.05) is 11.6 Å². The normalized spacial score (nSPS) is 20.8. The van der Waals surface area contributed by atoms with Gasteiger partial charge in [0.2, 0.25) is 0 Å². The number of carbonyl (C=O) groups is 1. The van der Waals surface area contributed by atoms with E-state index in [1.54, 1.807) is 17.0 Å². The second kappa shape index (κ2) is 4.63. The van der Waals surface area contributed by atoms with E-state index >= 15 is 0 Å². The Morgan fingerprint density at radius 3 is 3.00 bits per heavy atom. The first kappa shape index (κ1) is 11.1.